The summed E-state index contributed by atoms with van der Waals surface area (Å²) in [6.07, 6.45) is 5.71. The van der Waals surface area contributed by atoms with Crippen LogP contribution in [0.4, 0.5) is 5.95 Å². The normalized spacial score (nSPS) is 23.9. The highest BCUT2D eigenvalue weighted by atomic mass is 16.1. The van der Waals surface area contributed by atoms with Gasteiger partial charge in [0.25, 0.3) is 0 Å². The number of Topliss-reactive ketones (excluding diaryl/α,β-unsaturated/α-hetero) is 1. The number of ketones is 1. The molecule has 4 heteroatoms. The van der Waals surface area contributed by atoms with E-state index in [0.29, 0.717) is 12.3 Å². The third-order valence-corrected chi connectivity index (χ3v) is 3.62. The molecular formula is C13H17N3O. The van der Waals surface area contributed by atoms with E-state index in [2.05, 4.69) is 21.8 Å². The number of carbonyl (C=O) groups excluding carboxylic acids is 1. The number of nitrogens with zero attached hydrogens (tertiary/aromatic N) is 3. The lowest BCUT2D eigenvalue weighted by Crippen LogP contribution is -2.25. The summed E-state index contributed by atoms with van der Waals surface area (Å²) >= 11 is 0. The fraction of sp³-hybridized carbons (Fsp3) is 0.615. The average molecular weight is 231 g/mol. The van der Waals surface area contributed by atoms with Gasteiger partial charge in [-0.2, -0.15) is 0 Å². The van der Waals surface area contributed by atoms with Gasteiger partial charge in [-0.1, -0.05) is 6.92 Å². The molecule has 2 heterocycles. The van der Waals surface area contributed by atoms with Crippen LogP contribution in [0.1, 0.15) is 42.2 Å². The van der Waals surface area contributed by atoms with Crippen molar-refractivity contribution in [2.45, 2.75) is 32.6 Å². The molecular weight excluding hydrogens is 214 g/mol. The lowest BCUT2D eigenvalue weighted by Gasteiger charge is -2.22. The highest BCUT2D eigenvalue weighted by Crippen LogP contribution is 2.25. The molecule has 0 spiro atoms. The SMILES string of the molecule is C[C@H]1CC(=O)c2cnc(N3CCCC3)nc2C1. The molecule has 90 valence electrons. The van der Waals surface area contributed by atoms with Crippen molar-refractivity contribution in [3.8, 4) is 0 Å². The third-order valence-electron chi connectivity index (χ3n) is 3.62. The number of anilines is 1. The van der Waals surface area contributed by atoms with Gasteiger partial charge in [0, 0.05) is 25.7 Å². The Labute approximate surface area is 101 Å². The molecule has 1 atom stereocenters. The highest BCUT2D eigenvalue weighted by Gasteiger charge is 2.25. The molecule has 1 aliphatic carbocycles. The van der Waals surface area contributed by atoms with Crippen molar-refractivity contribution in [2.24, 2.45) is 5.92 Å². The largest absolute Gasteiger partial charge is 0.341 e. The Morgan fingerprint density at radius 2 is 2.06 bits per heavy atom. The second kappa shape index (κ2) is 4.09. The minimum atomic E-state index is 0.201. The number of rotatable bonds is 1. The lowest BCUT2D eigenvalue weighted by molar-refractivity contribution is 0.0951. The van der Waals surface area contributed by atoms with Crippen molar-refractivity contribution in [1.29, 1.82) is 0 Å². The number of fused-ring (bicyclic) bond motifs is 1. The molecule has 4 nitrogen and oxygen atoms in total. The molecule has 2 aliphatic rings. The van der Waals surface area contributed by atoms with Gasteiger partial charge in [0.05, 0.1) is 11.3 Å². The third kappa shape index (κ3) is 1.92. The van der Waals surface area contributed by atoms with E-state index in [0.717, 1.165) is 36.7 Å². The highest BCUT2D eigenvalue weighted by molar-refractivity contribution is 5.98. The van der Waals surface area contributed by atoms with Crippen LogP contribution in [0.5, 0.6) is 0 Å². The van der Waals surface area contributed by atoms with E-state index in [-0.39, 0.29) is 5.78 Å². The van der Waals surface area contributed by atoms with E-state index in [9.17, 15) is 4.79 Å². The molecule has 1 fully saturated rings. The van der Waals surface area contributed by atoms with Crippen LogP contribution in [-0.2, 0) is 6.42 Å². The minimum absolute atomic E-state index is 0.201. The molecule has 0 N–H and O–H groups in total. The van der Waals surface area contributed by atoms with Crippen molar-refractivity contribution >= 4 is 11.7 Å². The predicted octanol–water partition coefficient (Wildman–Crippen LogP) is 1.84. The van der Waals surface area contributed by atoms with E-state index in [1.807, 2.05) is 0 Å². The summed E-state index contributed by atoms with van der Waals surface area (Å²) in [7, 11) is 0. The molecule has 0 bridgehead atoms. The smallest absolute Gasteiger partial charge is 0.225 e. The van der Waals surface area contributed by atoms with Gasteiger partial charge >= 0.3 is 0 Å². The van der Waals surface area contributed by atoms with Crippen molar-refractivity contribution in [1.82, 2.24) is 9.97 Å². The number of hydrogen-bond donors (Lipinski definition) is 0. The van der Waals surface area contributed by atoms with Crippen LogP contribution in [-0.4, -0.2) is 28.8 Å². The van der Waals surface area contributed by atoms with Gasteiger partial charge in [-0.25, -0.2) is 9.97 Å². The Hall–Kier alpha value is -1.45. The maximum atomic E-state index is 11.8. The second-order valence-electron chi connectivity index (χ2n) is 5.16. The van der Waals surface area contributed by atoms with Crippen LogP contribution in [0.3, 0.4) is 0 Å². The fourth-order valence-electron chi connectivity index (χ4n) is 2.69. The van der Waals surface area contributed by atoms with Gasteiger partial charge in [-0.3, -0.25) is 4.79 Å². The molecule has 0 saturated carbocycles. The summed E-state index contributed by atoms with van der Waals surface area (Å²) in [5.74, 6) is 1.42. The average Bonchev–Trinajstić information content (AvgIpc) is 2.81. The molecule has 3 rings (SSSR count). The molecule has 0 radical (unpaired) electrons. The van der Waals surface area contributed by atoms with Crippen LogP contribution in [0.15, 0.2) is 6.20 Å². The topological polar surface area (TPSA) is 46.1 Å². The van der Waals surface area contributed by atoms with Crippen LogP contribution < -0.4 is 4.90 Å². The van der Waals surface area contributed by atoms with E-state index in [1.165, 1.54) is 12.8 Å². The number of aromatic nitrogens is 2. The zero-order valence-electron chi connectivity index (χ0n) is 10.1. The maximum absolute atomic E-state index is 11.8. The van der Waals surface area contributed by atoms with Crippen molar-refractivity contribution in [3.05, 3.63) is 17.5 Å². The van der Waals surface area contributed by atoms with Gasteiger partial charge in [0.15, 0.2) is 5.78 Å². The zero-order chi connectivity index (χ0) is 11.8. The Morgan fingerprint density at radius 3 is 2.82 bits per heavy atom. The molecule has 0 unspecified atom stereocenters. The summed E-state index contributed by atoms with van der Waals surface area (Å²) in [6.45, 7) is 4.20. The van der Waals surface area contributed by atoms with Gasteiger partial charge in [0.2, 0.25) is 5.95 Å². The second-order valence-corrected chi connectivity index (χ2v) is 5.16. The first kappa shape index (κ1) is 10.7. The van der Waals surface area contributed by atoms with Crippen molar-refractivity contribution in [2.75, 3.05) is 18.0 Å². The molecule has 0 amide bonds. The van der Waals surface area contributed by atoms with Gasteiger partial charge in [-0.15, -0.1) is 0 Å². The molecule has 17 heavy (non-hydrogen) atoms. The molecule has 0 aromatic carbocycles. The molecule has 1 aliphatic heterocycles. The van der Waals surface area contributed by atoms with Gasteiger partial charge in [-0.05, 0) is 25.2 Å². The standard InChI is InChI=1S/C13H17N3O/c1-9-6-11-10(12(17)7-9)8-14-13(15-11)16-4-2-3-5-16/h8-9H,2-7H2,1H3/t9-/m1/s1. The Balaban J connectivity index is 1.94. The predicted molar refractivity (Wildman–Crippen MR) is 65.3 cm³/mol. The monoisotopic (exact) mass is 231 g/mol. The minimum Gasteiger partial charge on any atom is -0.341 e. The maximum Gasteiger partial charge on any atom is 0.225 e. The van der Waals surface area contributed by atoms with E-state index in [1.54, 1.807) is 6.20 Å². The van der Waals surface area contributed by atoms with Crippen LogP contribution >= 0.6 is 0 Å². The summed E-state index contributed by atoms with van der Waals surface area (Å²) < 4.78 is 0. The quantitative estimate of drug-likeness (QED) is 0.740. The van der Waals surface area contributed by atoms with Crippen LogP contribution in [0.25, 0.3) is 0 Å². The van der Waals surface area contributed by atoms with E-state index < -0.39 is 0 Å². The number of hydrogen-bond acceptors (Lipinski definition) is 4. The summed E-state index contributed by atoms with van der Waals surface area (Å²) in [6, 6.07) is 0. The summed E-state index contributed by atoms with van der Waals surface area (Å²) in [5.41, 5.74) is 1.69. The first-order valence-corrected chi connectivity index (χ1v) is 6.38. The number of carbonyl (C=O) groups is 1. The first-order chi connectivity index (χ1) is 8.24. The Kier molecular flexibility index (Phi) is 2.57. The van der Waals surface area contributed by atoms with E-state index >= 15 is 0 Å². The Bertz CT molecular complexity index is 452. The van der Waals surface area contributed by atoms with E-state index in [4.69, 9.17) is 0 Å². The molecule has 1 aromatic rings. The van der Waals surface area contributed by atoms with Crippen molar-refractivity contribution in [3.63, 3.8) is 0 Å². The Morgan fingerprint density at radius 1 is 1.29 bits per heavy atom. The fourth-order valence-corrected chi connectivity index (χ4v) is 2.69. The first-order valence-electron chi connectivity index (χ1n) is 6.38. The molecule has 1 aromatic heterocycles. The van der Waals surface area contributed by atoms with Crippen molar-refractivity contribution < 1.29 is 4.79 Å². The summed E-state index contributed by atoms with van der Waals surface area (Å²) in [5, 5.41) is 0. The summed E-state index contributed by atoms with van der Waals surface area (Å²) in [4.78, 5) is 23.0. The van der Waals surface area contributed by atoms with Gasteiger partial charge in [0.1, 0.15) is 0 Å². The van der Waals surface area contributed by atoms with Crippen LogP contribution in [0.2, 0.25) is 0 Å². The lowest BCUT2D eigenvalue weighted by atomic mass is 9.88. The van der Waals surface area contributed by atoms with Crippen LogP contribution in [0, 0.1) is 5.92 Å². The zero-order valence-corrected chi connectivity index (χ0v) is 10.1. The molecule has 1 saturated heterocycles. The van der Waals surface area contributed by atoms with Gasteiger partial charge < -0.3 is 4.90 Å².